The summed E-state index contributed by atoms with van der Waals surface area (Å²) in [5, 5.41) is 5.06. The summed E-state index contributed by atoms with van der Waals surface area (Å²) in [7, 11) is -3.83. The van der Waals surface area contributed by atoms with Gasteiger partial charge in [0.05, 0.1) is 12.4 Å². The molecule has 0 saturated carbocycles. The van der Waals surface area contributed by atoms with Crippen LogP contribution < -0.4 is 5.14 Å². The van der Waals surface area contributed by atoms with Gasteiger partial charge in [0.2, 0.25) is 10.0 Å². The summed E-state index contributed by atoms with van der Waals surface area (Å²) in [6, 6.07) is 8.73. The molecular formula is C17H14F2N2O2S. The Balaban J connectivity index is 2.01. The van der Waals surface area contributed by atoms with E-state index in [2.05, 4.69) is 4.98 Å². The Morgan fingerprint density at radius 3 is 2.25 bits per heavy atom. The minimum atomic E-state index is -3.83. The van der Waals surface area contributed by atoms with Gasteiger partial charge in [0.15, 0.2) is 0 Å². The van der Waals surface area contributed by atoms with Crippen molar-refractivity contribution in [1.82, 2.24) is 4.98 Å². The number of primary sulfonamides is 1. The number of nitrogens with zero attached hydrogens (tertiary/aromatic N) is 1. The van der Waals surface area contributed by atoms with Crippen molar-refractivity contribution in [2.24, 2.45) is 11.1 Å². The summed E-state index contributed by atoms with van der Waals surface area (Å²) in [6.07, 6.45) is 4.63. The van der Waals surface area contributed by atoms with E-state index in [1.807, 2.05) is 0 Å². The number of rotatable bonds is 4. The van der Waals surface area contributed by atoms with Gasteiger partial charge in [-0.2, -0.15) is 0 Å². The van der Waals surface area contributed by atoms with Crippen molar-refractivity contribution in [2.75, 3.05) is 6.67 Å². The van der Waals surface area contributed by atoms with Crippen LogP contribution >= 0.6 is 0 Å². The first-order valence-corrected chi connectivity index (χ1v) is 8.68. The topological polar surface area (TPSA) is 73.1 Å². The zero-order valence-corrected chi connectivity index (χ0v) is 13.3. The molecule has 2 aromatic rings. The molecule has 2 N–H and O–H groups in total. The molecule has 1 unspecified atom stereocenters. The number of alkyl halides is 1. The van der Waals surface area contributed by atoms with Crippen molar-refractivity contribution in [3.05, 3.63) is 71.8 Å². The van der Waals surface area contributed by atoms with Crippen molar-refractivity contribution in [2.45, 2.75) is 4.90 Å². The van der Waals surface area contributed by atoms with E-state index in [1.54, 1.807) is 24.3 Å². The van der Waals surface area contributed by atoms with Crippen LogP contribution in [0.25, 0.3) is 11.1 Å². The number of hydrogen-bond acceptors (Lipinski definition) is 3. The third-order valence-corrected chi connectivity index (χ3v) is 4.62. The normalized spacial score (nSPS) is 17.5. The van der Waals surface area contributed by atoms with Gasteiger partial charge < -0.3 is 0 Å². The predicted octanol–water partition coefficient (Wildman–Crippen LogP) is 2.93. The summed E-state index contributed by atoms with van der Waals surface area (Å²) in [6.45, 7) is -0.566. The Labute approximate surface area is 138 Å². The minimum Gasteiger partial charge on any atom is -0.255 e. The monoisotopic (exact) mass is 348 g/mol. The van der Waals surface area contributed by atoms with Crippen LogP contribution in [0, 0.1) is 11.7 Å². The van der Waals surface area contributed by atoms with Gasteiger partial charge in [-0.15, -0.1) is 0 Å². The predicted molar refractivity (Wildman–Crippen MR) is 87.4 cm³/mol. The molecule has 0 spiro atoms. The Morgan fingerprint density at radius 2 is 1.71 bits per heavy atom. The highest BCUT2D eigenvalue weighted by Crippen LogP contribution is 2.38. The van der Waals surface area contributed by atoms with Gasteiger partial charge in [-0.25, -0.2) is 17.9 Å². The molecule has 0 aliphatic heterocycles. The molecule has 3 rings (SSSR count). The van der Waals surface area contributed by atoms with Gasteiger partial charge in [0, 0.05) is 17.7 Å². The molecule has 1 aliphatic rings. The van der Waals surface area contributed by atoms with Crippen molar-refractivity contribution in [1.29, 1.82) is 0 Å². The van der Waals surface area contributed by atoms with Crippen molar-refractivity contribution in [3.8, 4) is 0 Å². The summed E-state index contributed by atoms with van der Waals surface area (Å²) < 4.78 is 48.8. The van der Waals surface area contributed by atoms with E-state index in [9.17, 15) is 17.2 Å². The average Bonchev–Trinajstić information content (AvgIpc) is 2.99. The van der Waals surface area contributed by atoms with E-state index < -0.39 is 22.6 Å². The standard InChI is InChI=1S/C17H14F2N2O2S/c18-9-11-7-15(12-1-3-13(19)4-2-12)16(8-11)17-6-5-14(10-21-17)24(20,22)23/h1-8,10-11H,9H2,(H2,20,22,23). The van der Waals surface area contributed by atoms with Gasteiger partial charge in [-0.1, -0.05) is 24.3 Å². The Bertz CT molecular complexity index is 918. The average molecular weight is 348 g/mol. The second-order valence-electron chi connectivity index (χ2n) is 5.41. The first kappa shape index (κ1) is 16.5. The van der Waals surface area contributed by atoms with Gasteiger partial charge >= 0.3 is 0 Å². The van der Waals surface area contributed by atoms with Crippen LogP contribution in [0.3, 0.4) is 0 Å². The molecule has 1 aromatic carbocycles. The number of aromatic nitrogens is 1. The third kappa shape index (κ3) is 3.27. The Kier molecular flexibility index (Phi) is 4.29. The number of sulfonamides is 1. The highest BCUT2D eigenvalue weighted by molar-refractivity contribution is 7.89. The van der Waals surface area contributed by atoms with E-state index in [0.717, 1.165) is 17.3 Å². The number of hydrogen-bond donors (Lipinski definition) is 1. The molecule has 0 bridgehead atoms. The van der Waals surface area contributed by atoms with Gasteiger partial charge in [-0.05, 0) is 35.4 Å². The van der Waals surface area contributed by atoms with Crippen LogP contribution in [0.5, 0.6) is 0 Å². The lowest BCUT2D eigenvalue weighted by Crippen LogP contribution is -2.12. The summed E-state index contributed by atoms with van der Waals surface area (Å²) in [5.41, 5.74) is 2.63. The maximum absolute atomic E-state index is 13.1. The molecule has 0 radical (unpaired) electrons. The summed E-state index contributed by atoms with van der Waals surface area (Å²) in [4.78, 5) is 4.03. The molecule has 1 aromatic heterocycles. The second-order valence-corrected chi connectivity index (χ2v) is 6.97. The molecule has 24 heavy (non-hydrogen) atoms. The fourth-order valence-corrected chi connectivity index (χ4v) is 3.01. The zero-order valence-electron chi connectivity index (χ0n) is 12.5. The van der Waals surface area contributed by atoms with Crippen LogP contribution in [0.15, 0.2) is 59.6 Å². The molecule has 4 nitrogen and oxygen atoms in total. The molecule has 1 aliphatic carbocycles. The number of benzene rings is 1. The van der Waals surface area contributed by atoms with Crippen LogP contribution in [-0.2, 0) is 10.0 Å². The lowest BCUT2D eigenvalue weighted by molar-refractivity contribution is 0.455. The number of allylic oxidation sites excluding steroid dienone is 4. The third-order valence-electron chi connectivity index (χ3n) is 3.73. The maximum Gasteiger partial charge on any atom is 0.239 e. The number of nitrogens with two attached hydrogens (primary N) is 1. The molecule has 1 heterocycles. The van der Waals surface area contributed by atoms with Crippen LogP contribution in [0.1, 0.15) is 11.3 Å². The number of halogens is 2. The minimum absolute atomic E-state index is 0.0980. The molecule has 124 valence electrons. The van der Waals surface area contributed by atoms with E-state index in [1.165, 1.54) is 24.3 Å². The fraction of sp³-hybridized carbons (Fsp3) is 0.118. The molecule has 1 atom stereocenters. The summed E-state index contributed by atoms with van der Waals surface area (Å²) in [5.74, 6) is -0.764. The molecular weight excluding hydrogens is 334 g/mol. The molecule has 0 amide bonds. The number of pyridine rings is 1. The van der Waals surface area contributed by atoms with Crippen molar-refractivity contribution in [3.63, 3.8) is 0 Å². The molecule has 0 fully saturated rings. The highest BCUT2D eigenvalue weighted by Gasteiger charge is 2.21. The highest BCUT2D eigenvalue weighted by atomic mass is 32.2. The van der Waals surface area contributed by atoms with Crippen LogP contribution in [0.2, 0.25) is 0 Å². The van der Waals surface area contributed by atoms with Gasteiger partial charge in [-0.3, -0.25) is 9.37 Å². The van der Waals surface area contributed by atoms with Crippen molar-refractivity contribution < 1.29 is 17.2 Å². The van der Waals surface area contributed by atoms with E-state index in [0.29, 0.717) is 11.3 Å². The molecule has 7 heteroatoms. The van der Waals surface area contributed by atoms with Crippen LogP contribution in [0.4, 0.5) is 8.78 Å². The summed E-state index contributed by atoms with van der Waals surface area (Å²) >= 11 is 0. The fourth-order valence-electron chi connectivity index (χ4n) is 2.56. The van der Waals surface area contributed by atoms with Gasteiger partial charge in [0.1, 0.15) is 10.7 Å². The quantitative estimate of drug-likeness (QED) is 0.923. The Hall–Kier alpha value is -2.38. The smallest absolute Gasteiger partial charge is 0.239 e. The van der Waals surface area contributed by atoms with Crippen LogP contribution in [-0.4, -0.2) is 20.1 Å². The second kappa shape index (κ2) is 6.26. The van der Waals surface area contributed by atoms with E-state index >= 15 is 0 Å². The van der Waals surface area contributed by atoms with E-state index in [4.69, 9.17) is 5.14 Å². The SMILES string of the molecule is NS(=O)(=O)c1ccc(C2=CC(CF)C=C2c2ccc(F)cc2)nc1. The van der Waals surface area contributed by atoms with E-state index in [-0.39, 0.29) is 10.7 Å². The van der Waals surface area contributed by atoms with Crippen molar-refractivity contribution >= 4 is 21.2 Å². The Morgan fingerprint density at radius 1 is 1.04 bits per heavy atom. The van der Waals surface area contributed by atoms with Gasteiger partial charge in [0.25, 0.3) is 0 Å². The largest absolute Gasteiger partial charge is 0.255 e. The first-order valence-electron chi connectivity index (χ1n) is 7.13. The lowest BCUT2D eigenvalue weighted by atomic mass is 9.98. The molecule has 0 saturated heterocycles. The lowest BCUT2D eigenvalue weighted by Gasteiger charge is -2.09. The zero-order chi connectivity index (χ0) is 17.3. The first-order chi connectivity index (χ1) is 11.4. The maximum atomic E-state index is 13.1.